The smallest absolute Gasteiger partial charge is 0.208 e. The zero-order chi connectivity index (χ0) is 22.3. The molecule has 0 radical (unpaired) electrons. The highest BCUT2D eigenvalue weighted by Gasteiger charge is 2.48. The van der Waals surface area contributed by atoms with E-state index >= 15 is 0 Å². The summed E-state index contributed by atoms with van der Waals surface area (Å²) in [6, 6.07) is 13.5. The molecule has 2 aliphatic rings. The first-order valence-corrected chi connectivity index (χ1v) is 12.1. The predicted molar refractivity (Wildman–Crippen MR) is 127 cm³/mol. The third-order valence-corrected chi connectivity index (χ3v) is 8.19. The first-order valence-electron chi connectivity index (χ1n) is 10.5. The van der Waals surface area contributed by atoms with Gasteiger partial charge in [0.1, 0.15) is 21.5 Å². The van der Waals surface area contributed by atoms with Crippen LogP contribution in [0.5, 0.6) is 0 Å². The predicted octanol–water partition coefficient (Wildman–Crippen LogP) is 4.87. The highest BCUT2D eigenvalue weighted by molar-refractivity contribution is 8.15. The number of aromatic nitrogens is 1. The van der Waals surface area contributed by atoms with E-state index in [1.54, 1.807) is 11.3 Å². The van der Waals surface area contributed by atoms with Crippen LogP contribution in [-0.4, -0.2) is 28.5 Å². The molecule has 1 atom stereocenters. The molecule has 3 heterocycles. The third kappa shape index (κ3) is 3.73. The average molecular weight is 472 g/mol. The number of nitrogens with zero attached hydrogens (tertiary/aromatic N) is 4. The molecule has 5 rings (SSSR count). The van der Waals surface area contributed by atoms with E-state index in [2.05, 4.69) is 11.9 Å². The number of thioether (sulfide) groups is 1. The molecule has 2 aromatic carbocycles. The fourth-order valence-corrected chi connectivity index (χ4v) is 6.80. The van der Waals surface area contributed by atoms with Crippen LogP contribution in [0.2, 0.25) is 0 Å². The minimum atomic E-state index is -0.647. The van der Waals surface area contributed by atoms with E-state index in [-0.39, 0.29) is 5.56 Å². The monoisotopic (exact) mass is 471 g/mol. The highest BCUT2D eigenvalue weighted by atomic mass is 32.2. The maximum Gasteiger partial charge on any atom is 0.208 e. The van der Waals surface area contributed by atoms with Crippen molar-refractivity contribution in [1.29, 1.82) is 0 Å². The molecule has 0 spiro atoms. The Morgan fingerprint density at radius 1 is 1.12 bits per heavy atom. The molecule has 3 aromatic rings. The molecule has 32 heavy (non-hydrogen) atoms. The van der Waals surface area contributed by atoms with E-state index in [1.807, 2.05) is 35.3 Å². The maximum absolute atomic E-state index is 14.7. The standard InChI is InChI=1S/C23H23F2N5S2/c1-29-13-19-20(14-29)31-22(27-19)30-23(10-5-11-26,15-6-3-2-4-7-15)32-21(28-30)17-12-16(24)8-9-18(17)25/h2-4,6-9,12H,5,10-11,13-14,26H2,1H3. The summed E-state index contributed by atoms with van der Waals surface area (Å²) in [6.45, 7) is 2.17. The van der Waals surface area contributed by atoms with Gasteiger partial charge in [0.05, 0.1) is 5.69 Å². The first kappa shape index (κ1) is 21.5. The first-order chi connectivity index (χ1) is 15.5. The van der Waals surface area contributed by atoms with Gasteiger partial charge in [-0.15, -0.1) is 0 Å². The number of nitrogens with two attached hydrogens (primary N) is 1. The molecule has 0 saturated carbocycles. The van der Waals surface area contributed by atoms with Crippen molar-refractivity contribution >= 4 is 33.3 Å². The van der Waals surface area contributed by atoms with E-state index in [0.717, 1.165) is 48.0 Å². The summed E-state index contributed by atoms with van der Waals surface area (Å²) in [5, 5.41) is 7.96. The molecule has 0 aliphatic carbocycles. The molecule has 2 aliphatic heterocycles. The van der Waals surface area contributed by atoms with Crippen molar-refractivity contribution in [2.24, 2.45) is 10.8 Å². The van der Waals surface area contributed by atoms with Crippen molar-refractivity contribution in [2.45, 2.75) is 30.8 Å². The van der Waals surface area contributed by atoms with Crippen molar-refractivity contribution in [3.63, 3.8) is 0 Å². The molecule has 0 fully saturated rings. The van der Waals surface area contributed by atoms with Gasteiger partial charge < -0.3 is 5.73 Å². The van der Waals surface area contributed by atoms with Crippen molar-refractivity contribution in [1.82, 2.24) is 9.88 Å². The number of hydrazone groups is 1. The van der Waals surface area contributed by atoms with Crippen molar-refractivity contribution < 1.29 is 8.78 Å². The van der Waals surface area contributed by atoms with E-state index in [1.165, 1.54) is 22.7 Å². The molecule has 0 saturated heterocycles. The largest absolute Gasteiger partial charge is 0.330 e. The van der Waals surface area contributed by atoms with Crippen LogP contribution >= 0.6 is 23.1 Å². The van der Waals surface area contributed by atoms with Crippen LogP contribution in [0, 0.1) is 11.6 Å². The molecule has 5 nitrogen and oxygen atoms in total. The number of rotatable bonds is 6. The van der Waals surface area contributed by atoms with Crippen LogP contribution < -0.4 is 10.7 Å². The van der Waals surface area contributed by atoms with Gasteiger partial charge in [0, 0.05) is 23.5 Å². The SMILES string of the molecule is CN1Cc2nc(N3N=C(c4cc(F)ccc4F)SC3(CCCN)c3ccccc3)sc2C1. The van der Waals surface area contributed by atoms with Crippen LogP contribution in [0.3, 0.4) is 0 Å². The van der Waals surface area contributed by atoms with E-state index in [4.69, 9.17) is 15.8 Å². The molecular weight excluding hydrogens is 448 g/mol. The summed E-state index contributed by atoms with van der Waals surface area (Å²) in [5.74, 6) is -0.991. The minimum absolute atomic E-state index is 0.161. The van der Waals surface area contributed by atoms with Gasteiger partial charge in [0.15, 0.2) is 0 Å². The zero-order valence-electron chi connectivity index (χ0n) is 17.6. The zero-order valence-corrected chi connectivity index (χ0v) is 19.2. The van der Waals surface area contributed by atoms with Gasteiger partial charge >= 0.3 is 0 Å². The Morgan fingerprint density at radius 2 is 1.94 bits per heavy atom. The van der Waals surface area contributed by atoms with E-state index < -0.39 is 16.5 Å². The Hall–Kier alpha value is -2.33. The number of hydrogen-bond acceptors (Lipinski definition) is 7. The number of halogens is 2. The number of fused-ring (bicyclic) bond motifs is 1. The minimum Gasteiger partial charge on any atom is -0.330 e. The Bertz CT molecular complexity index is 1140. The van der Waals surface area contributed by atoms with Crippen molar-refractivity contribution in [3.05, 3.63) is 81.9 Å². The Balaban J connectivity index is 1.65. The highest BCUT2D eigenvalue weighted by Crippen LogP contribution is 2.53. The lowest BCUT2D eigenvalue weighted by Crippen LogP contribution is -2.38. The summed E-state index contributed by atoms with van der Waals surface area (Å²) in [5.41, 5.74) is 8.14. The second-order valence-corrected chi connectivity index (χ2v) is 10.4. The Labute approximate surface area is 193 Å². The van der Waals surface area contributed by atoms with Crippen LogP contribution in [0.1, 0.15) is 34.5 Å². The topological polar surface area (TPSA) is 57.8 Å². The van der Waals surface area contributed by atoms with Gasteiger partial charge in [-0.3, -0.25) is 4.90 Å². The molecule has 1 unspecified atom stereocenters. The molecule has 0 bridgehead atoms. The summed E-state index contributed by atoms with van der Waals surface area (Å²) < 4.78 is 28.7. The molecule has 2 N–H and O–H groups in total. The molecular formula is C23H23F2N5S2. The lowest BCUT2D eigenvalue weighted by Gasteiger charge is -2.35. The summed E-state index contributed by atoms with van der Waals surface area (Å²) >= 11 is 3.05. The Kier molecular flexibility index (Phi) is 5.75. The van der Waals surface area contributed by atoms with E-state index in [0.29, 0.717) is 18.0 Å². The van der Waals surface area contributed by atoms with Crippen molar-refractivity contribution in [2.75, 3.05) is 18.6 Å². The van der Waals surface area contributed by atoms with Crippen LogP contribution in [-0.2, 0) is 18.0 Å². The van der Waals surface area contributed by atoms with Gasteiger partial charge in [0.2, 0.25) is 5.13 Å². The molecule has 0 amide bonds. The maximum atomic E-state index is 14.7. The second kappa shape index (κ2) is 8.55. The van der Waals surface area contributed by atoms with E-state index in [9.17, 15) is 8.78 Å². The summed E-state index contributed by atoms with van der Waals surface area (Å²) in [7, 11) is 2.07. The average Bonchev–Trinajstić information content (AvgIpc) is 3.46. The summed E-state index contributed by atoms with van der Waals surface area (Å²) in [6.07, 6.45) is 1.44. The third-order valence-electron chi connectivity index (χ3n) is 5.68. The normalized spacial score (nSPS) is 20.6. The number of anilines is 1. The second-order valence-electron chi connectivity index (χ2n) is 8.02. The van der Waals surface area contributed by atoms with Crippen molar-refractivity contribution in [3.8, 4) is 0 Å². The van der Waals surface area contributed by atoms with Gasteiger partial charge in [-0.25, -0.2) is 18.8 Å². The molecule has 1 aromatic heterocycles. The summed E-state index contributed by atoms with van der Waals surface area (Å²) in [4.78, 5) is 7.69. The Morgan fingerprint density at radius 3 is 2.69 bits per heavy atom. The quantitative estimate of drug-likeness (QED) is 0.556. The number of hydrogen-bond donors (Lipinski definition) is 1. The fourth-order valence-electron chi connectivity index (χ4n) is 4.15. The lowest BCUT2D eigenvalue weighted by atomic mass is 10.0. The fraction of sp³-hybridized carbons (Fsp3) is 0.304. The van der Waals surface area contributed by atoms with Crippen LogP contribution in [0.15, 0.2) is 53.6 Å². The number of thiazole rings is 1. The molecule has 166 valence electrons. The van der Waals surface area contributed by atoms with Gasteiger partial charge in [-0.2, -0.15) is 5.10 Å². The molecule has 9 heteroatoms. The van der Waals surface area contributed by atoms with Crippen LogP contribution in [0.25, 0.3) is 0 Å². The van der Waals surface area contributed by atoms with Crippen LogP contribution in [0.4, 0.5) is 13.9 Å². The van der Waals surface area contributed by atoms with Gasteiger partial charge in [-0.1, -0.05) is 53.4 Å². The van der Waals surface area contributed by atoms with Gasteiger partial charge in [0.25, 0.3) is 0 Å². The van der Waals surface area contributed by atoms with Gasteiger partial charge in [-0.05, 0) is 50.2 Å². The number of benzene rings is 2. The lowest BCUT2D eigenvalue weighted by molar-refractivity contribution is 0.352.